The highest BCUT2D eigenvalue weighted by Crippen LogP contribution is 2.34. The fraction of sp³-hybridized carbons (Fsp3) is 0.370. The molecule has 10 heteroatoms. The summed E-state index contributed by atoms with van der Waals surface area (Å²) in [5, 5.41) is 6.21. The molecule has 0 aliphatic carbocycles. The van der Waals surface area contributed by atoms with E-state index in [1.165, 1.54) is 17.3 Å². The van der Waals surface area contributed by atoms with Crippen LogP contribution in [0.1, 0.15) is 30.4 Å². The molecule has 37 heavy (non-hydrogen) atoms. The van der Waals surface area contributed by atoms with Crippen molar-refractivity contribution in [1.29, 1.82) is 0 Å². The van der Waals surface area contributed by atoms with E-state index in [1.807, 2.05) is 36.4 Å². The zero-order valence-corrected chi connectivity index (χ0v) is 22.8. The van der Waals surface area contributed by atoms with Crippen molar-refractivity contribution in [3.63, 3.8) is 0 Å². The summed E-state index contributed by atoms with van der Waals surface area (Å²) >= 11 is 12.9. The topological polar surface area (TPSA) is 73.9 Å². The Labute approximate surface area is 231 Å². The molecule has 2 N–H and O–H groups in total. The van der Waals surface area contributed by atoms with Crippen LogP contribution in [0.4, 0.5) is 11.4 Å². The molecule has 0 unspecified atom stereocenters. The maximum atomic E-state index is 12.2. The van der Waals surface area contributed by atoms with Crippen LogP contribution in [0.25, 0.3) is 6.08 Å². The number of carbonyl (C=O) groups excluding carboxylic acids is 2. The van der Waals surface area contributed by atoms with Gasteiger partial charge in [-0.05, 0) is 55.6 Å². The van der Waals surface area contributed by atoms with Gasteiger partial charge >= 0.3 is 0 Å². The first-order chi connectivity index (χ1) is 18.0. The quantitative estimate of drug-likeness (QED) is 0.277. The third-order valence-electron chi connectivity index (χ3n) is 6.77. The minimum absolute atomic E-state index is 0.0678. The van der Waals surface area contributed by atoms with Gasteiger partial charge in [-0.2, -0.15) is 0 Å². The van der Waals surface area contributed by atoms with Crippen molar-refractivity contribution >= 4 is 69.2 Å². The number of aryl methyl sites for hydroxylation is 1. The number of hydrogen-bond acceptors (Lipinski definition) is 7. The normalized spacial score (nSPS) is 19.1. The van der Waals surface area contributed by atoms with Gasteiger partial charge in [-0.3, -0.25) is 14.5 Å². The molecule has 3 aliphatic heterocycles. The third kappa shape index (κ3) is 6.46. The molecule has 2 aromatic rings. The van der Waals surface area contributed by atoms with E-state index in [-0.39, 0.29) is 11.8 Å². The van der Waals surface area contributed by atoms with Gasteiger partial charge in [0.15, 0.2) is 0 Å². The van der Waals surface area contributed by atoms with Gasteiger partial charge in [-0.25, -0.2) is 0 Å². The monoisotopic (exact) mass is 556 g/mol. The number of thioether (sulfide) groups is 1. The molecule has 0 bridgehead atoms. The molecule has 0 saturated carbocycles. The molecule has 0 spiro atoms. The second-order valence-corrected chi connectivity index (χ2v) is 11.4. The second-order valence-electron chi connectivity index (χ2n) is 9.28. The summed E-state index contributed by atoms with van der Waals surface area (Å²) in [7, 11) is 0. The van der Waals surface area contributed by atoms with E-state index >= 15 is 0 Å². The van der Waals surface area contributed by atoms with Crippen molar-refractivity contribution in [3.8, 4) is 5.75 Å². The van der Waals surface area contributed by atoms with Crippen molar-refractivity contribution in [2.75, 3.05) is 49.5 Å². The van der Waals surface area contributed by atoms with E-state index in [4.69, 9.17) is 28.6 Å². The third-order valence-corrected chi connectivity index (χ3v) is 8.27. The molecule has 2 fully saturated rings. The van der Waals surface area contributed by atoms with Gasteiger partial charge in [-0.1, -0.05) is 47.7 Å². The van der Waals surface area contributed by atoms with Crippen LogP contribution in [0.5, 0.6) is 5.75 Å². The van der Waals surface area contributed by atoms with Crippen LogP contribution in [0.15, 0.2) is 41.3 Å². The first kappa shape index (κ1) is 26.0. The molecule has 3 aliphatic rings. The van der Waals surface area contributed by atoms with Gasteiger partial charge in [0, 0.05) is 60.6 Å². The summed E-state index contributed by atoms with van der Waals surface area (Å²) in [6.07, 6.45) is 5.21. The summed E-state index contributed by atoms with van der Waals surface area (Å²) in [6.45, 7) is 5.40. The summed E-state index contributed by atoms with van der Waals surface area (Å²) in [4.78, 5) is 29.2. The van der Waals surface area contributed by atoms with Gasteiger partial charge < -0.3 is 20.3 Å². The number of rotatable bonds is 8. The molecule has 2 amide bonds. The van der Waals surface area contributed by atoms with Gasteiger partial charge in [0.25, 0.3) is 5.91 Å². The lowest BCUT2D eigenvalue weighted by Gasteiger charge is -2.37. The van der Waals surface area contributed by atoms with Crippen LogP contribution in [0.2, 0.25) is 5.02 Å². The summed E-state index contributed by atoms with van der Waals surface area (Å²) < 4.78 is 6.40. The molecule has 194 valence electrons. The lowest BCUT2D eigenvalue weighted by molar-refractivity contribution is -0.116. The highest BCUT2D eigenvalue weighted by Gasteiger charge is 2.25. The zero-order valence-electron chi connectivity index (χ0n) is 20.4. The number of anilines is 2. The Morgan fingerprint density at radius 2 is 1.89 bits per heavy atom. The Balaban J connectivity index is 1.08. The van der Waals surface area contributed by atoms with E-state index in [1.54, 1.807) is 0 Å². The van der Waals surface area contributed by atoms with Crippen molar-refractivity contribution < 1.29 is 14.3 Å². The SMILES string of the molecule is O=C1CCc2ccc(OCCCCN3CCN(c4cccc(Cl)c4/C=C4\SC(=S)NC4=O)CC3)cc2N1. The molecule has 3 heterocycles. The number of ether oxygens (including phenoxy) is 1. The molecule has 2 saturated heterocycles. The molecular weight excluding hydrogens is 528 g/mol. The summed E-state index contributed by atoms with van der Waals surface area (Å²) in [5.74, 6) is 0.698. The van der Waals surface area contributed by atoms with E-state index in [9.17, 15) is 9.59 Å². The second kappa shape index (κ2) is 11.9. The average Bonchev–Trinajstić information content (AvgIpc) is 3.21. The number of nitrogens with one attached hydrogen (secondary N) is 2. The Hall–Kier alpha value is -2.59. The Kier molecular flexibility index (Phi) is 8.34. The van der Waals surface area contributed by atoms with E-state index in [0.29, 0.717) is 27.3 Å². The van der Waals surface area contributed by atoms with Gasteiger partial charge in [-0.15, -0.1) is 0 Å². The van der Waals surface area contributed by atoms with E-state index in [2.05, 4.69) is 26.5 Å². The Bertz CT molecular complexity index is 1240. The first-order valence-electron chi connectivity index (χ1n) is 12.5. The lowest BCUT2D eigenvalue weighted by Crippen LogP contribution is -2.46. The molecule has 0 aromatic heterocycles. The number of fused-ring (bicyclic) bond motifs is 1. The van der Waals surface area contributed by atoms with Crippen LogP contribution < -0.4 is 20.3 Å². The number of amides is 2. The average molecular weight is 557 g/mol. The van der Waals surface area contributed by atoms with Crippen molar-refractivity contribution in [3.05, 3.63) is 57.5 Å². The highest BCUT2D eigenvalue weighted by molar-refractivity contribution is 8.26. The fourth-order valence-corrected chi connectivity index (χ4v) is 6.03. The Morgan fingerprint density at radius 3 is 2.68 bits per heavy atom. The number of piperazine rings is 1. The van der Waals surface area contributed by atoms with Gasteiger partial charge in [0.05, 0.1) is 11.5 Å². The highest BCUT2D eigenvalue weighted by atomic mass is 35.5. The molecule has 5 rings (SSSR count). The predicted molar refractivity (Wildman–Crippen MR) is 155 cm³/mol. The lowest BCUT2D eigenvalue weighted by atomic mass is 10.0. The van der Waals surface area contributed by atoms with Crippen LogP contribution in [-0.4, -0.2) is 60.4 Å². The van der Waals surface area contributed by atoms with Crippen LogP contribution >= 0.6 is 35.6 Å². The summed E-state index contributed by atoms with van der Waals surface area (Å²) in [5.41, 5.74) is 3.94. The van der Waals surface area contributed by atoms with Crippen molar-refractivity contribution in [1.82, 2.24) is 10.2 Å². The number of thiocarbonyl (C=S) groups is 1. The smallest absolute Gasteiger partial charge is 0.263 e. The Morgan fingerprint density at radius 1 is 1.05 bits per heavy atom. The van der Waals surface area contributed by atoms with Crippen molar-refractivity contribution in [2.24, 2.45) is 0 Å². The standard InChI is InChI=1S/C27H29ClN4O3S2/c28-21-4-3-5-23(20(21)17-24-26(34)30-27(36)37-24)32-13-11-31(12-14-32)10-1-2-15-35-19-8-6-18-7-9-25(33)29-22(18)16-19/h3-6,8,16-17H,1-2,7,9-15H2,(H,29,33)(H,30,34,36)/b24-17-. The molecule has 2 aromatic carbocycles. The van der Waals surface area contributed by atoms with Gasteiger partial charge in [0.2, 0.25) is 5.91 Å². The largest absolute Gasteiger partial charge is 0.494 e. The van der Waals surface area contributed by atoms with Crippen molar-refractivity contribution in [2.45, 2.75) is 25.7 Å². The molecule has 0 radical (unpaired) electrons. The number of unbranched alkanes of at least 4 members (excludes halogenated alkanes) is 1. The zero-order chi connectivity index (χ0) is 25.8. The molecule has 7 nitrogen and oxygen atoms in total. The van der Waals surface area contributed by atoms with Gasteiger partial charge in [0.1, 0.15) is 10.1 Å². The first-order valence-corrected chi connectivity index (χ1v) is 14.1. The number of hydrogen-bond donors (Lipinski definition) is 2. The van der Waals surface area contributed by atoms with Crippen LogP contribution in [0.3, 0.4) is 0 Å². The summed E-state index contributed by atoms with van der Waals surface area (Å²) in [6, 6.07) is 11.8. The van der Waals surface area contributed by atoms with Crippen LogP contribution in [-0.2, 0) is 16.0 Å². The minimum atomic E-state index is -0.173. The number of nitrogens with zero attached hydrogens (tertiary/aromatic N) is 2. The minimum Gasteiger partial charge on any atom is -0.494 e. The molecular formula is C27H29ClN4O3S2. The maximum Gasteiger partial charge on any atom is 0.263 e. The number of benzene rings is 2. The predicted octanol–water partition coefficient (Wildman–Crippen LogP) is 4.69. The maximum absolute atomic E-state index is 12.2. The molecule has 0 atom stereocenters. The fourth-order valence-electron chi connectivity index (χ4n) is 4.78. The van der Waals surface area contributed by atoms with E-state index in [0.717, 1.165) is 74.7 Å². The van der Waals surface area contributed by atoms with Crippen LogP contribution in [0, 0.1) is 0 Å². The number of carbonyl (C=O) groups is 2. The number of halogens is 1. The van der Waals surface area contributed by atoms with E-state index < -0.39 is 0 Å².